The highest BCUT2D eigenvalue weighted by Crippen LogP contribution is 2.26. The Labute approximate surface area is 206 Å². The summed E-state index contributed by atoms with van der Waals surface area (Å²) in [6.07, 6.45) is 3.76. The fraction of sp³-hybridized carbons (Fsp3) is 0.233. The third-order valence-corrected chi connectivity index (χ3v) is 5.86. The van der Waals surface area contributed by atoms with Crippen molar-refractivity contribution < 1.29 is 9.53 Å². The van der Waals surface area contributed by atoms with Crippen molar-refractivity contribution in [3.8, 4) is 17.0 Å². The van der Waals surface area contributed by atoms with Crippen molar-refractivity contribution in [1.82, 2.24) is 10.4 Å². The maximum atomic E-state index is 13.1. The Morgan fingerprint density at radius 2 is 1.77 bits per heavy atom. The molecular weight excluding hydrogens is 434 g/mol. The molecule has 0 saturated heterocycles. The fourth-order valence-electron chi connectivity index (χ4n) is 3.76. The van der Waals surface area contributed by atoms with Gasteiger partial charge in [0, 0.05) is 10.9 Å². The Balaban J connectivity index is 1.53. The molecule has 0 atom stereocenters. The van der Waals surface area contributed by atoms with Crippen molar-refractivity contribution in [1.29, 1.82) is 0 Å². The van der Waals surface area contributed by atoms with Crippen LogP contribution in [0.5, 0.6) is 5.75 Å². The lowest BCUT2D eigenvalue weighted by atomic mass is 9.99. The number of carbonyl (C=O) groups excluding carboxylic acids is 1. The van der Waals surface area contributed by atoms with Gasteiger partial charge in [-0.1, -0.05) is 69.7 Å². The van der Waals surface area contributed by atoms with E-state index in [-0.39, 0.29) is 5.91 Å². The molecule has 5 nitrogen and oxygen atoms in total. The Morgan fingerprint density at radius 3 is 2.49 bits per heavy atom. The number of nitrogens with zero attached hydrogens (tertiary/aromatic N) is 2. The van der Waals surface area contributed by atoms with Gasteiger partial charge in [-0.05, 0) is 59.9 Å². The van der Waals surface area contributed by atoms with Crippen molar-refractivity contribution in [3.63, 3.8) is 0 Å². The summed E-state index contributed by atoms with van der Waals surface area (Å²) < 4.78 is 5.69. The summed E-state index contributed by atoms with van der Waals surface area (Å²) in [5.74, 6) is 1.01. The number of fused-ring (bicyclic) bond motifs is 1. The molecular formula is C30H31N3O2. The molecule has 0 spiro atoms. The lowest BCUT2D eigenvalue weighted by Crippen LogP contribution is -2.18. The van der Waals surface area contributed by atoms with Gasteiger partial charge in [0.1, 0.15) is 5.75 Å². The highest BCUT2D eigenvalue weighted by atomic mass is 16.5. The molecule has 5 heteroatoms. The molecule has 1 amide bonds. The average molecular weight is 466 g/mol. The summed E-state index contributed by atoms with van der Waals surface area (Å²) in [6.45, 7) is 7.19. The van der Waals surface area contributed by atoms with E-state index in [1.807, 2.05) is 54.6 Å². The topological polar surface area (TPSA) is 63.6 Å². The number of aromatic nitrogens is 1. The van der Waals surface area contributed by atoms with Crippen LogP contribution in [-0.4, -0.2) is 23.7 Å². The van der Waals surface area contributed by atoms with E-state index >= 15 is 0 Å². The molecule has 1 N–H and O–H groups in total. The molecule has 0 unspecified atom stereocenters. The first kappa shape index (κ1) is 24.1. The highest BCUT2D eigenvalue weighted by molar-refractivity contribution is 6.07. The van der Waals surface area contributed by atoms with Gasteiger partial charge in [-0.2, -0.15) is 5.10 Å². The average Bonchev–Trinajstić information content (AvgIpc) is 2.89. The third-order valence-electron chi connectivity index (χ3n) is 5.86. The number of benzene rings is 3. The maximum Gasteiger partial charge on any atom is 0.272 e. The van der Waals surface area contributed by atoms with E-state index in [4.69, 9.17) is 9.72 Å². The minimum atomic E-state index is -0.278. The summed E-state index contributed by atoms with van der Waals surface area (Å²) in [6, 6.07) is 25.5. The quantitative estimate of drug-likeness (QED) is 0.165. The fourth-order valence-corrected chi connectivity index (χ4v) is 3.76. The lowest BCUT2D eigenvalue weighted by Gasteiger charge is -2.10. The number of unbranched alkanes of at least 4 members (excludes halogenated alkanes) is 1. The summed E-state index contributed by atoms with van der Waals surface area (Å²) in [5, 5.41) is 4.97. The van der Waals surface area contributed by atoms with Crippen LogP contribution in [0.2, 0.25) is 0 Å². The Morgan fingerprint density at radius 1 is 1.03 bits per heavy atom. The van der Waals surface area contributed by atoms with Crippen molar-refractivity contribution >= 4 is 23.0 Å². The van der Waals surface area contributed by atoms with Gasteiger partial charge in [-0.3, -0.25) is 4.79 Å². The number of hydrogen-bond donors (Lipinski definition) is 1. The van der Waals surface area contributed by atoms with Gasteiger partial charge < -0.3 is 4.74 Å². The largest absolute Gasteiger partial charge is 0.494 e. The van der Waals surface area contributed by atoms with E-state index in [1.165, 1.54) is 5.56 Å². The van der Waals surface area contributed by atoms with Crippen molar-refractivity contribution in [3.05, 3.63) is 95.6 Å². The zero-order valence-corrected chi connectivity index (χ0v) is 20.5. The van der Waals surface area contributed by atoms with E-state index < -0.39 is 0 Å². The zero-order valence-electron chi connectivity index (χ0n) is 20.5. The van der Waals surface area contributed by atoms with Gasteiger partial charge in [0.05, 0.1) is 29.6 Å². The number of pyridine rings is 1. The van der Waals surface area contributed by atoms with Crippen LogP contribution >= 0.6 is 0 Å². The number of rotatable bonds is 9. The highest BCUT2D eigenvalue weighted by Gasteiger charge is 2.14. The van der Waals surface area contributed by atoms with Gasteiger partial charge >= 0.3 is 0 Å². The zero-order chi connectivity index (χ0) is 24.6. The van der Waals surface area contributed by atoms with E-state index in [0.29, 0.717) is 18.1 Å². The summed E-state index contributed by atoms with van der Waals surface area (Å²) in [5.41, 5.74) is 7.84. The first-order valence-corrected chi connectivity index (χ1v) is 12.1. The number of hydrazone groups is 1. The monoisotopic (exact) mass is 465 g/mol. The molecule has 0 aliphatic rings. The minimum absolute atomic E-state index is 0.278. The van der Waals surface area contributed by atoms with Crippen LogP contribution in [0.1, 0.15) is 61.0 Å². The van der Waals surface area contributed by atoms with Crippen LogP contribution in [0, 0.1) is 0 Å². The molecule has 1 heterocycles. The molecule has 0 aliphatic carbocycles. The maximum absolute atomic E-state index is 13.1. The molecule has 0 bridgehead atoms. The second-order valence-electron chi connectivity index (χ2n) is 8.82. The number of carbonyl (C=O) groups is 1. The number of hydrogen-bond acceptors (Lipinski definition) is 4. The van der Waals surface area contributed by atoms with Gasteiger partial charge in [-0.25, -0.2) is 10.4 Å². The second kappa shape index (κ2) is 11.4. The number of ether oxygens (including phenoxy) is 1. The molecule has 0 aliphatic heterocycles. The summed E-state index contributed by atoms with van der Waals surface area (Å²) in [4.78, 5) is 17.9. The number of nitrogens with one attached hydrogen (secondary N) is 1. The summed E-state index contributed by atoms with van der Waals surface area (Å²) >= 11 is 0. The lowest BCUT2D eigenvalue weighted by molar-refractivity contribution is 0.0956. The van der Waals surface area contributed by atoms with Crippen molar-refractivity contribution in [2.24, 2.45) is 5.10 Å². The molecule has 4 rings (SSSR count). The predicted molar refractivity (Wildman–Crippen MR) is 143 cm³/mol. The van der Waals surface area contributed by atoms with Crippen LogP contribution in [0.15, 0.2) is 84.0 Å². The molecule has 0 saturated carbocycles. The van der Waals surface area contributed by atoms with Crippen molar-refractivity contribution in [2.75, 3.05) is 6.61 Å². The number of para-hydroxylation sites is 1. The van der Waals surface area contributed by atoms with Crippen LogP contribution in [0.4, 0.5) is 0 Å². The van der Waals surface area contributed by atoms with Crippen molar-refractivity contribution in [2.45, 2.75) is 39.5 Å². The van der Waals surface area contributed by atoms with Gasteiger partial charge in [0.25, 0.3) is 5.91 Å². The Hall–Kier alpha value is -3.99. The number of amides is 1. The molecule has 1 aromatic heterocycles. The van der Waals surface area contributed by atoms with E-state index in [0.717, 1.165) is 46.3 Å². The molecule has 3 aromatic carbocycles. The van der Waals surface area contributed by atoms with Crippen LogP contribution in [-0.2, 0) is 0 Å². The van der Waals surface area contributed by atoms with Crippen LogP contribution in [0.3, 0.4) is 0 Å². The molecule has 178 valence electrons. The molecule has 35 heavy (non-hydrogen) atoms. The molecule has 0 fully saturated rings. The normalized spacial score (nSPS) is 11.3. The van der Waals surface area contributed by atoms with Gasteiger partial charge in [0.2, 0.25) is 0 Å². The van der Waals surface area contributed by atoms with Crippen LogP contribution < -0.4 is 10.2 Å². The minimum Gasteiger partial charge on any atom is -0.494 e. The Kier molecular flexibility index (Phi) is 7.88. The SMILES string of the molecule is CCCCOc1ccc(C=NNC(=O)c2cc(-c3ccc(C(C)C)cc3)nc3ccccc23)cc1. The molecule has 4 aromatic rings. The third kappa shape index (κ3) is 6.12. The van der Waals surface area contributed by atoms with E-state index in [2.05, 4.69) is 55.6 Å². The second-order valence-corrected chi connectivity index (χ2v) is 8.82. The van der Waals surface area contributed by atoms with E-state index in [1.54, 1.807) is 6.21 Å². The molecule has 0 radical (unpaired) electrons. The van der Waals surface area contributed by atoms with Gasteiger partial charge in [0.15, 0.2) is 0 Å². The predicted octanol–water partition coefficient (Wildman–Crippen LogP) is 6.97. The Bertz CT molecular complexity index is 1310. The first-order valence-electron chi connectivity index (χ1n) is 12.1. The van der Waals surface area contributed by atoms with Gasteiger partial charge in [-0.15, -0.1) is 0 Å². The summed E-state index contributed by atoms with van der Waals surface area (Å²) in [7, 11) is 0. The standard InChI is InChI=1S/C30H31N3O2/c1-4-5-18-35-25-16-10-22(11-17-25)20-31-33-30(34)27-19-29(32-28-9-7-6-8-26(27)28)24-14-12-23(13-15-24)21(2)3/h6-17,19-21H,4-5,18H2,1-3H3,(H,33,34). The smallest absolute Gasteiger partial charge is 0.272 e. The van der Waals surface area contributed by atoms with Crippen LogP contribution in [0.25, 0.3) is 22.2 Å². The van der Waals surface area contributed by atoms with E-state index in [9.17, 15) is 4.79 Å². The first-order chi connectivity index (χ1) is 17.0.